The third kappa shape index (κ3) is 16.0. The van der Waals surface area contributed by atoms with Gasteiger partial charge in [0.2, 0.25) is 0 Å². The average Bonchev–Trinajstić information content (AvgIpc) is 3.15. The molecule has 0 aliphatic heterocycles. The molecule has 9 heteroatoms. The zero-order valence-electron chi connectivity index (χ0n) is 32.6. The van der Waals surface area contributed by atoms with Crippen molar-refractivity contribution in [2.24, 2.45) is 16.7 Å². The van der Waals surface area contributed by atoms with E-state index in [0.717, 1.165) is 63.4 Å². The Labute approximate surface area is 311 Å². The number of hydrogen-bond donors (Lipinski definition) is 0. The van der Waals surface area contributed by atoms with Crippen LogP contribution in [0.25, 0.3) is 6.08 Å². The summed E-state index contributed by atoms with van der Waals surface area (Å²) in [4.78, 5) is 49.6. The number of carbonyl (C=O) groups excluding carboxylic acids is 4. The number of methoxy groups -OCH3 is 1. The van der Waals surface area contributed by atoms with Crippen molar-refractivity contribution in [2.45, 2.75) is 119 Å². The van der Waals surface area contributed by atoms with Crippen LogP contribution in [0.1, 0.15) is 135 Å². The van der Waals surface area contributed by atoms with Gasteiger partial charge in [0.05, 0.1) is 43.3 Å². The molecule has 52 heavy (non-hydrogen) atoms. The van der Waals surface area contributed by atoms with Gasteiger partial charge in [0, 0.05) is 6.08 Å². The molecule has 0 saturated carbocycles. The van der Waals surface area contributed by atoms with Crippen LogP contribution in [0.2, 0.25) is 0 Å². The van der Waals surface area contributed by atoms with Gasteiger partial charge < -0.3 is 23.7 Å². The second-order valence-electron chi connectivity index (χ2n) is 14.4. The van der Waals surface area contributed by atoms with Crippen molar-refractivity contribution >= 4 is 30.0 Å². The van der Waals surface area contributed by atoms with E-state index in [1.165, 1.54) is 13.2 Å². The minimum Gasteiger partial charge on any atom is -0.494 e. The van der Waals surface area contributed by atoms with Gasteiger partial charge in [-0.2, -0.15) is 0 Å². The first kappa shape index (κ1) is 44.0. The number of ether oxygens (including phenoxy) is 5. The predicted molar refractivity (Wildman–Crippen MR) is 204 cm³/mol. The first-order valence-electron chi connectivity index (χ1n) is 19.0. The normalized spacial score (nSPS) is 13.2. The number of hydrogen-bond acceptors (Lipinski definition) is 9. The molecule has 0 aliphatic rings. The molecule has 2 rings (SSSR count). The van der Waals surface area contributed by atoms with Crippen LogP contribution in [0.3, 0.4) is 0 Å². The van der Waals surface area contributed by atoms with E-state index < -0.39 is 22.8 Å². The molecule has 2 atom stereocenters. The SMILES string of the molecule is CCCCC(CC)COC(=O)C(C)(CC)CCCC(C)(C)C(=O)OCCCCCCOc1ccc(C(=O)Oc2ccc(C=CC(=O)OC)cc2)cc1. The maximum Gasteiger partial charge on any atom is 0.343 e. The second-order valence-corrected chi connectivity index (χ2v) is 14.4. The largest absolute Gasteiger partial charge is 0.494 e. The van der Waals surface area contributed by atoms with E-state index >= 15 is 0 Å². The van der Waals surface area contributed by atoms with Crippen LogP contribution in [0.4, 0.5) is 0 Å². The summed E-state index contributed by atoms with van der Waals surface area (Å²) in [6, 6.07) is 13.6. The molecule has 0 aromatic heterocycles. The molecular formula is C43H62O9. The first-order chi connectivity index (χ1) is 24.9. The van der Waals surface area contributed by atoms with Gasteiger partial charge in [0.25, 0.3) is 0 Å². The molecule has 2 aromatic carbocycles. The fourth-order valence-corrected chi connectivity index (χ4v) is 5.55. The number of unbranched alkanes of at least 4 members (excludes halogenated alkanes) is 4. The van der Waals surface area contributed by atoms with Crippen molar-refractivity contribution in [3.63, 3.8) is 0 Å². The molecule has 0 saturated heterocycles. The summed E-state index contributed by atoms with van der Waals surface area (Å²) < 4.78 is 27.3. The standard InChI is InChI=1S/C43H62O9/c1-8-11-17-33(9-2)32-51-41(47)43(6,10-3)29-16-28-42(4,5)40(46)50-31-15-13-12-14-30-49-36-25-21-35(22-26-36)39(45)52-37-23-18-34(19-24-37)20-27-38(44)48-7/h18-27,33H,8-17,28-32H2,1-7H3. The molecule has 0 spiro atoms. The fraction of sp³-hybridized carbons (Fsp3) is 0.581. The smallest absolute Gasteiger partial charge is 0.343 e. The molecule has 0 amide bonds. The summed E-state index contributed by atoms with van der Waals surface area (Å²) in [7, 11) is 1.31. The van der Waals surface area contributed by atoms with Gasteiger partial charge in [0.1, 0.15) is 11.5 Å². The van der Waals surface area contributed by atoms with Crippen LogP contribution in [-0.4, -0.2) is 50.8 Å². The Bertz CT molecular complexity index is 1390. The zero-order chi connectivity index (χ0) is 38.4. The molecule has 0 radical (unpaired) electrons. The van der Waals surface area contributed by atoms with Crippen molar-refractivity contribution in [3.8, 4) is 11.5 Å². The topological polar surface area (TPSA) is 114 Å². The van der Waals surface area contributed by atoms with E-state index in [2.05, 4.69) is 18.6 Å². The van der Waals surface area contributed by atoms with E-state index in [0.29, 0.717) is 62.1 Å². The van der Waals surface area contributed by atoms with Crippen LogP contribution < -0.4 is 9.47 Å². The average molecular weight is 723 g/mol. The second kappa shape index (κ2) is 23.4. The maximum absolute atomic E-state index is 13.0. The van der Waals surface area contributed by atoms with E-state index in [-0.39, 0.29) is 11.9 Å². The van der Waals surface area contributed by atoms with E-state index in [9.17, 15) is 19.2 Å². The van der Waals surface area contributed by atoms with Crippen LogP contribution in [0.15, 0.2) is 54.6 Å². The third-order valence-electron chi connectivity index (χ3n) is 9.68. The summed E-state index contributed by atoms with van der Waals surface area (Å²) >= 11 is 0. The Kier molecular flexibility index (Phi) is 19.8. The highest BCUT2D eigenvalue weighted by Crippen LogP contribution is 2.34. The van der Waals surface area contributed by atoms with Gasteiger partial charge in [-0.25, -0.2) is 9.59 Å². The Morgan fingerprint density at radius 2 is 1.38 bits per heavy atom. The molecule has 0 aliphatic carbocycles. The Morgan fingerprint density at radius 1 is 0.731 bits per heavy atom. The van der Waals surface area contributed by atoms with Crippen LogP contribution in [-0.2, 0) is 28.6 Å². The molecule has 0 heterocycles. The Balaban J connectivity index is 1.62. The van der Waals surface area contributed by atoms with Crippen LogP contribution in [0, 0.1) is 16.7 Å². The van der Waals surface area contributed by atoms with Crippen molar-refractivity contribution in [3.05, 3.63) is 65.7 Å². The lowest BCUT2D eigenvalue weighted by Crippen LogP contribution is -2.32. The van der Waals surface area contributed by atoms with E-state index in [1.54, 1.807) is 54.6 Å². The van der Waals surface area contributed by atoms with Gasteiger partial charge in [-0.3, -0.25) is 9.59 Å². The highest BCUT2D eigenvalue weighted by molar-refractivity contribution is 5.91. The lowest BCUT2D eigenvalue weighted by Gasteiger charge is -2.29. The van der Waals surface area contributed by atoms with Gasteiger partial charge in [-0.05, 0) is 126 Å². The van der Waals surface area contributed by atoms with Gasteiger partial charge in [0.15, 0.2) is 0 Å². The number of esters is 4. The zero-order valence-corrected chi connectivity index (χ0v) is 32.6. The summed E-state index contributed by atoms with van der Waals surface area (Å²) in [6.45, 7) is 13.6. The molecule has 2 aromatic rings. The fourth-order valence-electron chi connectivity index (χ4n) is 5.55. The van der Waals surface area contributed by atoms with Crippen molar-refractivity contribution in [1.82, 2.24) is 0 Å². The number of rotatable bonds is 25. The maximum atomic E-state index is 13.0. The molecule has 288 valence electrons. The Hall–Kier alpha value is -4.14. The minimum atomic E-state index is -0.622. The van der Waals surface area contributed by atoms with Crippen molar-refractivity contribution < 1.29 is 42.9 Å². The van der Waals surface area contributed by atoms with E-state index in [4.69, 9.17) is 18.9 Å². The molecule has 9 nitrogen and oxygen atoms in total. The van der Waals surface area contributed by atoms with Crippen LogP contribution in [0.5, 0.6) is 11.5 Å². The first-order valence-corrected chi connectivity index (χ1v) is 19.0. The molecule has 0 bridgehead atoms. The summed E-state index contributed by atoms with van der Waals surface area (Å²) in [5.41, 5.74) is 0.000520. The lowest BCUT2D eigenvalue weighted by molar-refractivity contribution is -0.157. The highest BCUT2D eigenvalue weighted by Gasteiger charge is 2.35. The molecular weight excluding hydrogens is 660 g/mol. The molecule has 0 N–H and O–H groups in total. The number of carbonyl (C=O) groups is 4. The monoisotopic (exact) mass is 722 g/mol. The number of benzene rings is 2. The Morgan fingerprint density at radius 3 is 2.00 bits per heavy atom. The summed E-state index contributed by atoms with van der Waals surface area (Å²) in [6.07, 6.45) is 13.6. The highest BCUT2D eigenvalue weighted by atomic mass is 16.5. The van der Waals surface area contributed by atoms with E-state index in [1.807, 2.05) is 27.7 Å². The van der Waals surface area contributed by atoms with Gasteiger partial charge in [-0.15, -0.1) is 0 Å². The molecule has 0 fully saturated rings. The summed E-state index contributed by atoms with van der Waals surface area (Å²) in [5, 5.41) is 0. The predicted octanol–water partition coefficient (Wildman–Crippen LogP) is 9.95. The quantitative estimate of drug-likeness (QED) is 0.0325. The lowest BCUT2D eigenvalue weighted by atomic mass is 9.79. The van der Waals surface area contributed by atoms with Crippen molar-refractivity contribution in [1.29, 1.82) is 0 Å². The molecule has 2 unspecified atom stereocenters. The third-order valence-corrected chi connectivity index (χ3v) is 9.68. The summed E-state index contributed by atoms with van der Waals surface area (Å²) in [5.74, 6) is 0.217. The van der Waals surface area contributed by atoms with Crippen LogP contribution >= 0.6 is 0 Å². The van der Waals surface area contributed by atoms with Crippen molar-refractivity contribution in [2.75, 3.05) is 26.9 Å². The van der Waals surface area contributed by atoms with Gasteiger partial charge >= 0.3 is 23.9 Å². The minimum absolute atomic E-state index is 0.125. The van der Waals surface area contributed by atoms with Gasteiger partial charge in [-0.1, -0.05) is 58.6 Å².